The second-order valence-electron chi connectivity index (χ2n) is 2.48. The Morgan fingerprint density at radius 1 is 1.27 bits per heavy atom. The number of thiol groups is 1. The van der Waals surface area contributed by atoms with Gasteiger partial charge in [0.2, 0.25) is 0 Å². The van der Waals surface area contributed by atoms with Crippen LogP contribution in [0, 0.1) is 0 Å². The van der Waals surface area contributed by atoms with Gasteiger partial charge in [0.1, 0.15) is 0 Å². The molecule has 0 aliphatic carbocycles. The highest BCUT2D eigenvalue weighted by Gasteiger charge is 1.94. The fraction of sp³-hybridized carbons (Fsp3) is 1.00. The highest BCUT2D eigenvalue weighted by molar-refractivity contribution is 8.01. The largest absolute Gasteiger partial charge is 0.397 e. The molecule has 7 heteroatoms. The van der Waals surface area contributed by atoms with E-state index in [2.05, 4.69) is 4.18 Å². The fourth-order valence-electron chi connectivity index (χ4n) is 0. The first-order valence-electron chi connectivity index (χ1n) is 2.62. The molecule has 0 spiro atoms. The molecule has 0 aromatic rings. The number of hydrogen-bond donors (Lipinski definition) is 2. The van der Waals surface area contributed by atoms with Crippen molar-refractivity contribution in [2.45, 2.75) is 0 Å². The van der Waals surface area contributed by atoms with Crippen molar-refractivity contribution in [3.05, 3.63) is 0 Å². The van der Waals surface area contributed by atoms with Gasteiger partial charge in [0.25, 0.3) is 0 Å². The highest BCUT2D eigenvalue weighted by atomic mass is 32.3. The van der Waals surface area contributed by atoms with Gasteiger partial charge in [-0.3, -0.25) is 12.9 Å². The van der Waals surface area contributed by atoms with E-state index in [1.165, 1.54) is 0 Å². The van der Waals surface area contributed by atoms with E-state index in [9.17, 15) is 12.6 Å². The molecule has 0 aliphatic heterocycles. The standard InChI is InChI=1S/C3H10OS.CH4O4S/c1-5(2,3)4;1-5-6(2,3)4/h5H,1-3H3;1H3,(H,2,3,4). The third kappa shape index (κ3) is 70.7. The summed E-state index contributed by atoms with van der Waals surface area (Å²) in [5.74, 6) is 0. The van der Waals surface area contributed by atoms with Crippen molar-refractivity contribution in [3.8, 4) is 0 Å². The lowest BCUT2D eigenvalue weighted by molar-refractivity contribution is 0.324. The summed E-state index contributed by atoms with van der Waals surface area (Å²) in [6, 6.07) is 0. The molecule has 0 heterocycles. The van der Waals surface area contributed by atoms with Crippen molar-refractivity contribution in [1.82, 2.24) is 0 Å². The Labute approximate surface area is 68.1 Å². The van der Waals surface area contributed by atoms with Gasteiger partial charge in [-0.15, -0.1) is 9.93 Å². The minimum atomic E-state index is -4.16. The summed E-state index contributed by atoms with van der Waals surface area (Å²) in [7, 11) is -4.93. The summed E-state index contributed by atoms with van der Waals surface area (Å²) in [6.45, 7) is 0. The van der Waals surface area contributed by atoms with Gasteiger partial charge in [0.15, 0.2) is 0 Å². The maximum atomic E-state index is 10.2. The van der Waals surface area contributed by atoms with Crippen LogP contribution in [0.3, 0.4) is 0 Å². The first kappa shape index (κ1) is 13.6. The molecule has 0 radical (unpaired) electrons. The van der Waals surface area contributed by atoms with Crippen LogP contribution < -0.4 is 0 Å². The van der Waals surface area contributed by atoms with Gasteiger partial charge in [0.05, 0.1) is 7.11 Å². The van der Waals surface area contributed by atoms with Crippen molar-refractivity contribution < 1.29 is 21.4 Å². The Balaban J connectivity index is 0. The predicted octanol–water partition coefficient (Wildman–Crippen LogP) is -0.672. The first-order valence-corrected chi connectivity index (χ1v) is 7.03. The highest BCUT2D eigenvalue weighted by Crippen LogP contribution is 1.76. The van der Waals surface area contributed by atoms with Crippen molar-refractivity contribution in [2.75, 3.05) is 25.9 Å². The van der Waals surface area contributed by atoms with Crippen LogP contribution in [-0.2, 0) is 24.5 Å². The van der Waals surface area contributed by atoms with Crippen LogP contribution in [0.25, 0.3) is 0 Å². The van der Waals surface area contributed by atoms with E-state index in [0.717, 1.165) is 7.11 Å². The molecule has 0 aromatic heterocycles. The zero-order valence-electron chi connectivity index (χ0n) is 6.94. The molecule has 0 rings (SSSR count). The van der Waals surface area contributed by atoms with E-state index in [0.29, 0.717) is 0 Å². The van der Waals surface area contributed by atoms with Crippen molar-refractivity contribution in [3.63, 3.8) is 0 Å². The molecular weight excluding hydrogens is 192 g/mol. The molecule has 72 valence electrons. The van der Waals surface area contributed by atoms with Crippen molar-refractivity contribution in [1.29, 1.82) is 0 Å². The second kappa shape index (κ2) is 4.81. The summed E-state index contributed by atoms with van der Waals surface area (Å²) in [4.78, 5) is 0. The first-order chi connectivity index (χ1) is 4.56. The van der Waals surface area contributed by atoms with Crippen molar-refractivity contribution >= 4 is 20.3 Å². The van der Waals surface area contributed by atoms with Crippen LogP contribution in [0.2, 0.25) is 0 Å². The van der Waals surface area contributed by atoms with Gasteiger partial charge in [-0.2, -0.15) is 8.42 Å². The molecule has 0 bridgehead atoms. The van der Waals surface area contributed by atoms with Crippen LogP contribution in [0.4, 0.5) is 0 Å². The molecule has 0 aliphatic rings. The lowest BCUT2D eigenvalue weighted by Gasteiger charge is -1.95. The van der Waals surface area contributed by atoms with E-state index >= 15 is 0 Å². The van der Waals surface area contributed by atoms with E-state index < -0.39 is 20.3 Å². The van der Waals surface area contributed by atoms with Gasteiger partial charge in [-0.25, -0.2) is 0 Å². The fourth-order valence-corrected chi connectivity index (χ4v) is 0. The molecule has 0 aromatic carbocycles. The van der Waals surface area contributed by atoms with Crippen LogP contribution in [-0.4, -0.2) is 43.1 Å². The second-order valence-corrected chi connectivity index (χ2v) is 7.45. The molecular formula is C4H14O5S2. The van der Waals surface area contributed by atoms with Gasteiger partial charge in [-0.05, 0) is 18.8 Å². The minimum absolute atomic E-state index is 0.870. The SMILES string of the molecule is COS(=O)(=O)O.C[SH](C)(C)=O. The minimum Gasteiger partial charge on any atom is -0.286 e. The smallest absolute Gasteiger partial charge is 0.286 e. The Bertz CT molecular complexity index is 215. The average molecular weight is 206 g/mol. The maximum absolute atomic E-state index is 10.2. The Hall–Kier alpha value is 0.0200. The van der Waals surface area contributed by atoms with E-state index in [4.69, 9.17) is 4.55 Å². The van der Waals surface area contributed by atoms with Gasteiger partial charge < -0.3 is 0 Å². The molecule has 0 saturated carbocycles. The molecule has 1 N–H and O–H groups in total. The molecule has 5 nitrogen and oxygen atoms in total. The quantitative estimate of drug-likeness (QED) is 0.439. The third-order valence-electron chi connectivity index (χ3n) is 0.211. The van der Waals surface area contributed by atoms with E-state index in [-0.39, 0.29) is 0 Å². The van der Waals surface area contributed by atoms with Crippen LogP contribution in [0.1, 0.15) is 0 Å². The summed E-state index contributed by atoms with van der Waals surface area (Å²) in [6.07, 6.45) is 5.23. The molecule has 0 saturated heterocycles. The lowest BCUT2D eigenvalue weighted by atomic mass is 11.8. The normalized spacial score (nSPS) is 13.2. The van der Waals surface area contributed by atoms with Gasteiger partial charge >= 0.3 is 10.4 Å². The Morgan fingerprint density at radius 3 is 1.36 bits per heavy atom. The molecule has 0 unspecified atom stereocenters. The van der Waals surface area contributed by atoms with Crippen LogP contribution in [0.15, 0.2) is 0 Å². The third-order valence-corrected chi connectivity index (χ3v) is 0.632. The monoisotopic (exact) mass is 206 g/mol. The maximum Gasteiger partial charge on any atom is 0.397 e. The molecule has 11 heavy (non-hydrogen) atoms. The Kier molecular flexibility index (Phi) is 5.95. The van der Waals surface area contributed by atoms with Gasteiger partial charge in [0, 0.05) is 0 Å². The average Bonchev–Trinajstić information content (AvgIpc) is 1.59. The summed E-state index contributed by atoms with van der Waals surface area (Å²) >= 11 is 0. The summed E-state index contributed by atoms with van der Waals surface area (Å²) < 4.78 is 39.9. The van der Waals surface area contributed by atoms with Crippen molar-refractivity contribution in [2.24, 2.45) is 0 Å². The van der Waals surface area contributed by atoms with Crippen LogP contribution >= 0.6 is 0 Å². The van der Waals surface area contributed by atoms with Crippen LogP contribution in [0.5, 0.6) is 0 Å². The molecule has 0 atom stereocenters. The zero-order valence-corrected chi connectivity index (χ0v) is 8.65. The summed E-state index contributed by atoms with van der Waals surface area (Å²) in [5.41, 5.74) is 0. The topological polar surface area (TPSA) is 80.7 Å². The van der Waals surface area contributed by atoms with Gasteiger partial charge in [-0.1, -0.05) is 0 Å². The lowest BCUT2D eigenvalue weighted by Crippen LogP contribution is -1.99. The number of rotatable bonds is 1. The Morgan fingerprint density at radius 2 is 1.36 bits per heavy atom. The van der Waals surface area contributed by atoms with E-state index in [1.807, 2.05) is 0 Å². The molecule has 0 amide bonds. The number of hydrogen-bond acceptors (Lipinski definition) is 4. The van der Waals surface area contributed by atoms with E-state index in [1.54, 1.807) is 18.8 Å². The predicted molar refractivity (Wildman–Crippen MR) is 45.9 cm³/mol. The zero-order chi connectivity index (χ0) is 9.71. The summed E-state index contributed by atoms with van der Waals surface area (Å²) in [5, 5.41) is 0. The molecule has 0 fully saturated rings.